The molecule has 0 aliphatic heterocycles. The van der Waals surface area contributed by atoms with E-state index in [0.717, 1.165) is 11.1 Å². The van der Waals surface area contributed by atoms with Gasteiger partial charge in [0.15, 0.2) is 17.3 Å². The lowest BCUT2D eigenvalue weighted by Gasteiger charge is -2.11. The number of nitrogens with one attached hydrogen (secondary N) is 1. The summed E-state index contributed by atoms with van der Waals surface area (Å²) in [6, 6.07) is 20.6. The van der Waals surface area contributed by atoms with E-state index in [1.165, 1.54) is 4.68 Å². The predicted molar refractivity (Wildman–Crippen MR) is 130 cm³/mol. The summed E-state index contributed by atoms with van der Waals surface area (Å²) in [7, 11) is 1.60. The molecule has 4 rings (SSSR count). The molecule has 0 atom stereocenters. The van der Waals surface area contributed by atoms with Gasteiger partial charge in [-0.15, -0.1) is 0 Å². The van der Waals surface area contributed by atoms with Crippen molar-refractivity contribution < 1.29 is 9.47 Å². The highest BCUT2D eigenvalue weighted by molar-refractivity contribution is 7.71. The Kier molecular flexibility index (Phi) is 6.90. The summed E-state index contributed by atoms with van der Waals surface area (Å²) >= 11 is 17.6. The Bertz CT molecular complexity index is 1320. The average Bonchev–Trinajstić information content (AvgIpc) is 3.17. The summed E-state index contributed by atoms with van der Waals surface area (Å²) in [6.07, 6.45) is 1.65. The van der Waals surface area contributed by atoms with E-state index in [-0.39, 0.29) is 0 Å². The Morgan fingerprint density at radius 3 is 2.62 bits per heavy atom. The highest BCUT2D eigenvalue weighted by Crippen LogP contribution is 2.30. The third-order valence-electron chi connectivity index (χ3n) is 4.57. The van der Waals surface area contributed by atoms with E-state index in [1.807, 2.05) is 48.5 Å². The number of ether oxygens (including phenoxy) is 2. The minimum absolute atomic E-state index is 0.331. The Balaban J connectivity index is 1.58. The van der Waals surface area contributed by atoms with Crippen molar-refractivity contribution in [3.63, 3.8) is 0 Å². The molecule has 0 amide bonds. The van der Waals surface area contributed by atoms with Crippen LogP contribution >= 0.6 is 35.4 Å². The van der Waals surface area contributed by atoms with Gasteiger partial charge in [0.05, 0.1) is 18.3 Å². The van der Waals surface area contributed by atoms with Crippen LogP contribution in [0.1, 0.15) is 11.1 Å². The van der Waals surface area contributed by atoms with Crippen molar-refractivity contribution >= 4 is 41.6 Å². The van der Waals surface area contributed by atoms with E-state index in [2.05, 4.69) is 15.3 Å². The van der Waals surface area contributed by atoms with Crippen LogP contribution in [-0.4, -0.2) is 28.2 Å². The van der Waals surface area contributed by atoms with Crippen LogP contribution in [0.3, 0.4) is 0 Å². The molecular weight excluding hydrogens is 467 g/mol. The third-order valence-corrected chi connectivity index (χ3v) is 5.38. The number of rotatable bonds is 7. The SMILES string of the molecule is COc1cc(/C=N/n2c(-c3ccc(Cl)cc3Cl)n[nH]c2=S)ccc1OCc1ccccc1. The van der Waals surface area contributed by atoms with E-state index in [4.69, 9.17) is 44.9 Å². The number of benzene rings is 3. The van der Waals surface area contributed by atoms with Crippen molar-refractivity contribution in [2.75, 3.05) is 7.11 Å². The fourth-order valence-corrected chi connectivity index (χ4v) is 3.66. The topological polar surface area (TPSA) is 64.4 Å². The van der Waals surface area contributed by atoms with Gasteiger partial charge in [0.25, 0.3) is 0 Å². The molecule has 1 heterocycles. The second kappa shape index (κ2) is 9.99. The minimum atomic E-state index is 0.331. The van der Waals surface area contributed by atoms with Gasteiger partial charge < -0.3 is 9.47 Å². The van der Waals surface area contributed by atoms with Crippen LogP contribution in [-0.2, 0) is 6.61 Å². The van der Waals surface area contributed by atoms with Crippen molar-refractivity contribution in [2.24, 2.45) is 5.10 Å². The van der Waals surface area contributed by atoms with Gasteiger partial charge in [0, 0.05) is 10.6 Å². The van der Waals surface area contributed by atoms with Gasteiger partial charge in [-0.05, 0) is 59.7 Å². The monoisotopic (exact) mass is 484 g/mol. The summed E-state index contributed by atoms with van der Waals surface area (Å²) in [5, 5.41) is 12.5. The van der Waals surface area contributed by atoms with Gasteiger partial charge >= 0.3 is 0 Å². The fraction of sp³-hybridized carbons (Fsp3) is 0.0870. The summed E-state index contributed by atoms with van der Waals surface area (Å²) in [6.45, 7) is 0.444. The van der Waals surface area contributed by atoms with Crippen LogP contribution in [0, 0.1) is 4.77 Å². The normalized spacial score (nSPS) is 11.1. The third kappa shape index (κ3) is 5.02. The van der Waals surface area contributed by atoms with Gasteiger partial charge in [-0.25, -0.2) is 5.10 Å². The number of methoxy groups -OCH3 is 1. The Labute approximate surface area is 200 Å². The lowest BCUT2D eigenvalue weighted by atomic mass is 10.2. The smallest absolute Gasteiger partial charge is 0.216 e. The van der Waals surface area contributed by atoms with Crippen LogP contribution in [0.15, 0.2) is 71.8 Å². The number of halogens is 2. The van der Waals surface area contributed by atoms with Gasteiger partial charge in [0.1, 0.15) is 6.61 Å². The van der Waals surface area contributed by atoms with Gasteiger partial charge in [-0.1, -0.05) is 53.5 Å². The molecule has 0 saturated heterocycles. The van der Waals surface area contributed by atoms with Crippen LogP contribution in [0.25, 0.3) is 11.4 Å². The molecule has 3 aromatic carbocycles. The molecule has 1 aromatic heterocycles. The first-order valence-electron chi connectivity index (χ1n) is 9.57. The molecule has 1 N–H and O–H groups in total. The maximum absolute atomic E-state index is 6.33. The molecule has 32 heavy (non-hydrogen) atoms. The van der Waals surface area contributed by atoms with Crippen LogP contribution < -0.4 is 9.47 Å². The first-order valence-corrected chi connectivity index (χ1v) is 10.7. The molecule has 0 unspecified atom stereocenters. The second-order valence-electron chi connectivity index (χ2n) is 6.72. The van der Waals surface area contributed by atoms with Gasteiger partial charge in [0.2, 0.25) is 4.77 Å². The molecule has 0 radical (unpaired) electrons. The molecule has 0 saturated carbocycles. The molecule has 9 heteroatoms. The van der Waals surface area contributed by atoms with E-state index < -0.39 is 0 Å². The van der Waals surface area contributed by atoms with Gasteiger partial charge in [-0.2, -0.15) is 14.9 Å². The van der Waals surface area contributed by atoms with E-state index in [1.54, 1.807) is 31.5 Å². The number of hydrogen-bond acceptors (Lipinski definition) is 5. The number of hydrogen-bond donors (Lipinski definition) is 1. The maximum Gasteiger partial charge on any atom is 0.216 e. The largest absolute Gasteiger partial charge is 0.493 e. The number of nitrogens with zero attached hydrogens (tertiary/aromatic N) is 3. The fourth-order valence-electron chi connectivity index (χ4n) is 2.99. The number of aromatic amines is 1. The number of H-pyrrole nitrogens is 1. The highest BCUT2D eigenvalue weighted by atomic mass is 35.5. The van der Waals surface area contributed by atoms with Crippen molar-refractivity contribution in [1.82, 2.24) is 14.9 Å². The molecule has 4 aromatic rings. The van der Waals surface area contributed by atoms with Crippen LogP contribution in [0.4, 0.5) is 0 Å². The zero-order chi connectivity index (χ0) is 22.5. The highest BCUT2D eigenvalue weighted by Gasteiger charge is 2.12. The van der Waals surface area contributed by atoms with Crippen molar-refractivity contribution in [2.45, 2.75) is 6.61 Å². The molecule has 0 fully saturated rings. The summed E-state index contributed by atoms with van der Waals surface area (Å²) in [5.41, 5.74) is 2.52. The summed E-state index contributed by atoms with van der Waals surface area (Å²) in [4.78, 5) is 0. The standard InChI is InChI=1S/C23H18Cl2N4O2S/c1-30-21-11-16(7-10-20(21)31-14-15-5-3-2-4-6-15)13-26-29-22(27-28-23(29)32)18-9-8-17(24)12-19(18)25/h2-13H,14H2,1H3,(H,28,32)/b26-13+. The Morgan fingerprint density at radius 2 is 1.88 bits per heavy atom. The zero-order valence-electron chi connectivity index (χ0n) is 17.0. The number of aromatic nitrogens is 3. The molecule has 0 aliphatic rings. The first kappa shape index (κ1) is 22.1. The van der Waals surface area contributed by atoms with Crippen LogP contribution in [0.2, 0.25) is 10.0 Å². The van der Waals surface area contributed by atoms with E-state index in [0.29, 0.717) is 44.3 Å². The van der Waals surface area contributed by atoms with E-state index in [9.17, 15) is 0 Å². The Hall–Kier alpha value is -3.13. The molecule has 6 nitrogen and oxygen atoms in total. The first-order chi connectivity index (χ1) is 15.5. The van der Waals surface area contributed by atoms with Crippen molar-refractivity contribution in [3.8, 4) is 22.9 Å². The van der Waals surface area contributed by atoms with Crippen LogP contribution in [0.5, 0.6) is 11.5 Å². The molecular formula is C23H18Cl2N4O2S. The summed E-state index contributed by atoms with van der Waals surface area (Å²) < 4.78 is 13.2. The maximum atomic E-state index is 6.33. The van der Waals surface area contributed by atoms with E-state index >= 15 is 0 Å². The zero-order valence-corrected chi connectivity index (χ0v) is 19.3. The lowest BCUT2D eigenvalue weighted by Crippen LogP contribution is -1.99. The molecule has 0 bridgehead atoms. The lowest BCUT2D eigenvalue weighted by molar-refractivity contribution is 0.284. The quantitative estimate of drug-likeness (QED) is 0.244. The second-order valence-corrected chi connectivity index (χ2v) is 7.95. The average molecular weight is 485 g/mol. The minimum Gasteiger partial charge on any atom is -0.493 e. The Morgan fingerprint density at radius 1 is 1.06 bits per heavy atom. The molecule has 162 valence electrons. The molecule has 0 spiro atoms. The van der Waals surface area contributed by atoms with Crippen molar-refractivity contribution in [1.29, 1.82) is 0 Å². The van der Waals surface area contributed by atoms with Crippen molar-refractivity contribution in [3.05, 3.63) is 92.7 Å². The summed E-state index contributed by atoms with van der Waals surface area (Å²) in [5.74, 6) is 1.71. The van der Waals surface area contributed by atoms with Gasteiger partial charge in [-0.3, -0.25) is 0 Å². The predicted octanol–water partition coefficient (Wildman–Crippen LogP) is 6.38. The molecule has 0 aliphatic carbocycles.